The van der Waals surface area contributed by atoms with E-state index in [1.54, 1.807) is 22.0 Å². The van der Waals surface area contributed by atoms with E-state index in [0.717, 1.165) is 18.4 Å². The van der Waals surface area contributed by atoms with Gasteiger partial charge in [-0.2, -0.15) is 0 Å². The highest BCUT2D eigenvalue weighted by atomic mass is 79.9. The highest BCUT2D eigenvalue weighted by molar-refractivity contribution is 9.09. The average molecular weight is 703 g/mol. The standard InChI is InChI=1S/C35H48BrN3O7/c1-5-7-17-27(41)45-22-26(24-15-11-10-12-16-24)37-32(42)28-29-33(43)39(19-13-8-9-14-20-40)31(34(44)38(18-6-2)23(3)4)35(29)21-25(36)30(28)46-35/h5-6,10-12,15-16,23,25-26,28-31,40H,1-2,7-9,13-14,17-22H2,3-4H3,(H,37,42)/t25?,26-,28-,29+,30-,31-,35+/m1/s1. The number of amides is 3. The van der Waals surface area contributed by atoms with Crippen molar-refractivity contribution in [2.24, 2.45) is 11.8 Å². The van der Waals surface area contributed by atoms with Crippen molar-refractivity contribution in [1.29, 1.82) is 0 Å². The smallest absolute Gasteiger partial charge is 0.306 e. The highest BCUT2D eigenvalue weighted by Crippen LogP contribution is 2.60. The van der Waals surface area contributed by atoms with Gasteiger partial charge in [0.2, 0.25) is 17.7 Å². The van der Waals surface area contributed by atoms with Crippen LogP contribution in [0.2, 0.25) is 0 Å². The molecule has 3 heterocycles. The SMILES string of the molecule is C=CCCC(=O)OC[C@@H](NC(=O)[C@H]1[C@@H]2O[C@@]3(CC2Br)[C@@H]1C(=O)N(CCCCCCO)[C@@H]3C(=O)N(CC=C)C(C)C)c1ccccc1. The largest absolute Gasteiger partial charge is 0.463 e. The van der Waals surface area contributed by atoms with E-state index < -0.39 is 41.6 Å². The maximum absolute atomic E-state index is 14.4. The monoisotopic (exact) mass is 701 g/mol. The second-order valence-corrected chi connectivity index (χ2v) is 13.9. The van der Waals surface area contributed by atoms with Gasteiger partial charge >= 0.3 is 5.97 Å². The van der Waals surface area contributed by atoms with Crippen LogP contribution in [0.3, 0.4) is 0 Å². The summed E-state index contributed by atoms with van der Waals surface area (Å²) in [4.78, 5) is 58.5. The van der Waals surface area contributed by atoms with E-state index in [2.05, 4.69) is 34.4 Å². The molecule has 46 heavy (non-hydrogen) atoms. The number of benzene rings is 1. The first-order valence-electron chi connectivity index (χ1n) is 16.4. The lowest BCUT2D eigenvalue weighted by atomic mass is 9.70. The Hall–Kier alpha value is -3.02. The molecule has 3 saturated heterocycles. The number of ether oxygens (including phenoxy) is 2. The quantitative estimate of drug-likeness (QED) is 0.102. The lowest BCUT2D eigenvalue weighted by Crippen LogP contribution is -2.58. The van der Waals surface area contributed by atoms with Crippen molar-refractivity contribution in [2.75, 3.05) is 26.3 Å². The molecule has 10 nitrogen and oxygen atoms in total. The minimum absolute atomic E-state index is 0.0720. The van der Waals surface area contributed by atoms with Crippen molar-refractivity contribution in [3.05, 3.63) is 61.2 Å². The summed E-state index contributed by atoms with van der Waals surface area (Å²) in [5.41, 5.74) is -0.415. The maximum atomic E-state index is 14.4. The van der Waals surface area contributed by atoms with Crippen molar-refractivity contribution in [3.63, 3.8) is 0 Å². The highest BCUT2D eigenvalue weighted by Gasteiger charge is 2.76. The number of alkyl halides is 1. The van der Waals surface area contributed by atoms with Crippen LogP contribution in [0.5, 0.6) is 0 Å². The van der Waals surface area contributed by atoms with Gasteiger partial charge in [0.15, 0.2) is 0 Å². The molecule has 2 N–H and O–H groups in total. The number of aliphatic hydroxyl groups is 1. The molecular formula is C35H48BrN3O7. The first kappa shape index (κ1) is 35.8. The van der Waals surface area contributed by atoms with Crippen LogP contribution in [0.15, 0.2) is 55.6 Å². The third-order valence-electron chi connectivity index (χ3n) is 9.35. The Balaban J connectivity index is 1.64. The number of hydrogen-bond donors (Lipinski definition) is 2. The number of aliphatic hydroxyl groups excluding tert-OH is 1. The maximum Gasteiger partial charge on any atom is 0.306 e. The predicted molar refractivity (Wildman–Crippen MR) is 178 cm³/mol. The third-order valence-corrected chi connectivity index (χ3v) is 10.2. The number of unbranched alkanes of at least 4 members (excludes halogenated alkanes) is 3. The molecule has 0 aliphatic carbocycles. The van der Waals surface area contributed by atoms with E-state index in [9.17, 15) is 24.3 Å². The van der Waals surface area contributed by atoms with Crippen LogP contribution in [0.1, 0.15) is 70.4 Å². The Morgan fingerprint density at radius 1 is 1.17 bits per heavy atom. The molecule has 0 aromatic heterocycles. The Morgan fingerprint density at radius 2 is 1.89 bits per heavy atom. The molecule has 11 heteroatoms. The number of fused-ring (bicyclic) bond motifs is 1. The molecule has 3 aliphatic heterocycles. The fourth-order valence-corrected chi connectivity index (χ4v) is 8.13. The van der Waals surface area contributed by atoms with Gasteiger partial charge in [-0.25, -0.2) is 0 Å². The van der Waals surface area contributed by atoms with Crippen molar-refractivity contribution in [1.82, 2.24) is 15.1 Å². The molecule has 1 spiro atoms. The van der Waals surface area contributed by atoms with Crippen LogP contribution >= 0.6 is 15.9 Å². The fraction of sp³-hybridized carbons (Fsp3) is 0.600. The normalized spacial score (nSPS) is 26.9. The Kier molecular flexibility index (Phi) is 12.6. The van der Waals surface area contributed by atoms with Crippen LogP contribution in [-0.2, 0) is 28.7 Å². The van der Waals surface area contributed by atoms with E-state index in [0.29, 0.717) is 38.8 Å². The Morgan fingerprint density at radius 3 is 2.54 bits per heavy atom. The van der Waals surface area contributed by atoms with E-state index >= 15 is 0 Å². The summed E-state index contributed by atoms with van der Waals surface area (Å²) in [7, 11) is 0. The number of carbonyl (C=O) groups excluding carboxylic acids is 4. The number of rotatable bonds is 18. The van der Waals surface area contributed by atoms with Crippen molar-refractivity contribution in [3.8, 4) is 0 Å². The molecule has 3 fully saturated rings. The summed E-state index contributed by atoms with van der Waals surface area (Å²) in [6, 6.07) is 7.58. The zero-order valence-electron chi connectivity index (χ0n) is 26.9. The molecule has 252 valence electrons. The van der Waals surface area contributed by atoms with Crippen LogP contribution < -0.4 is 5.32 Å². The van der Waals surface area contributed by atoms with Gasteiger partial charge in [-0.1, -0.05) is 71.3 Å². The molecule has 0 radical (unpaired) electrons. The molecule has 4 rings (SSSR count). The number of hydrogen-bond acceptors (Lipinski definition) is 7. The Labute approximate surface area is 280 Å². The Bertz CT molecular complexity index is 1260. The van der Waals surface area contributed by atoms with E-state index in [1.807, 2.05) is 44.2 Å². The summed E-state index contributed by atoms with van der Waals surface area (Å²) >= 11 is 3.74. The summed E-state index contributed by atoms with van der Waals surface area (Å²) in [5.74, 6) is -2.94. The lowest BCUT2D eigenvalue weighted by Gasteiger charge is -2.38. The molecule has 7 atom stereocenters. The number of esters is 1. The number of likely N-dealkylation sites (tertiary alicyclic amines) is 1. The van der Waals surface area contributed by atoms with Gasteiger partial charge in [-0.3, -0.25) is 19.2 Å². The molecule has 1 unspecified atom stereocenters. The number of carbonyl (C=O) groups is 4. The first-order chi connectivity index (χ1) is 22.1. The number of nitrogens with one attached hydrogen (secondary N) is 1. The van der Waals surface area contributed by atoms with Crippen LogP contribution in [-0.4, -0.2) is 93.5 Å². The van der Waals surface area contributed by atoms with E-state index in [-0.39, 0.29) is 48.2 Å². The van der Waals surface area contributed by atoms with Crippen molar-refractivity contribution in [2.45, 2.75) is 93.5 Å². The first-order valence-corrected chi connectivity index (χ1v) is 17.3. The fourth-order valence-electron chi connectivity index (χ4n) is 7.19. The van der Waals surface area contributed by atoms with Crippen LogP contribution in [0.25, 0.3) is 0 Å². The summed E-state index contributed by atoms with van der Waals surface area (Å²) < 4.78 is 12.2. The van der Waals surface area contributed by atoms with E-state index in [1.165, 1.54) is 0 Å². The number of halogens is 1. The summed E-state index contributed by atoms with van der Waals surface area (Å²) in [5, 5.41) is 12.3. The molecule has 3 amide bonds. The second kappa shape index (κ2) is 16.2. The topological polar surface area (TPSA) is 125 Å². The summed E-state index contributed by atoms with van der Waals surface area (Å²) in [6.45, 7) is 12.0. The molecule has 1 aromatic carbocycles. The van der Waals surface area contributed by atoms with Gasteiger partial charge in [0.25, 0.3) is 0 Å². The molecule has 2 bridgehead atoms. The van der Waals surface area contributed by atoms with Crippen molar-refractivity contribution < 1.29 is 33.8 Å². The molecular weight excluding hydrogens is 654 g/mol. The minimum atomic E-state index is -1.17. The van der Waals surface area contributed by atoms with Gasteiger partial charge in [0.05, 0.1) is 24.0 Å². The van der Waals surface area contributed by atoms with Gasteiger partial charge in [-0.05, 0) is 45.1 Å². The van der Waals surface area contributed by atoms with Gasteiger partial charge in [0, 0.05) is 37.0 Å². The average Bonchev–Trinajstić information content (AvgIpc) is 3.63. The molecule has 0 saturated carbocycles. The molecule has 3 aliphatic rings. The zero-order valence-corrected chi connectivity index (χ0v) is 28.5. The summed E-state index contributed by atoms with van der Waals surface area (Å²) in [6.07, 6.45) is 6.73. The minimum Gasteiger partial charge on any atom is -0.463 e. The predicted octanol–water partition coefficient (Wildman–Crippen LogP) is 4.08. The number of nitrogens with zero attached hydrogens (tertiary/aromatic N) is 2. The van der Waals surface area contributed by atoms with E-state index in [4.69, 9.17) is 9.47 Å². The molecule has 1 aromatic rings. The third kappa shape index (κ3) is 7.42. The zero-order chi connectivity index (χ0) is 33.4. The van der Waals surface area contributed by atoms with Crippen LogP contribution in [0, 0.1) is 11.8 Å². The number of allylic oxidation sites excluding steroid dienone is 1. The van der Waals surface area contributed by atoms with Gasteiger partial charge < -0.3 is 29.7 Å². The van der Waals surface area contributed by atoms with Crippen molar-refractivity contribution >= 4 is 39.6 Å². The second-order valence-electron chi connectivity index (χ2n) is 12.7. The van der Waals surface area contributed by atoms with Gasteiger partial charge in [0.1, 0.15) is 18.2 Å². The lowest BCUT2D eigenvalue weighted by molar-refractivity contribution is -0.149. The van der Waals surface area contributed by atoms with Crippen LogP contribution in [0.4, 0.5) is 0 Å². The van der Waals surface area contributed by atoms with Gasteiger partial charge in [-0.15, -0.1) is 13.2 Å².